The molecule has 6 atom stereocenters. The van der Waals surface area contributed by atoms with Crippen LogP contribution in [0.3, 0.4) is 0 Å². The highest BCUT2D eigenvalue weighted by Crippen LogP contribution is 2.45. The number of benzene rings is 5. The van der Waals surface area contributed by atoms with E-state index in [1.807, 2.05) is 105 Å². The number of anilines is 5. The molecule has 21 heteroatoms. The number of nitrogens with one attached hydrogen (secondary N) is 2. The number of aryl methyl sites for hydroxylation is 1. The second-order valence-electron chi connectivity index (χ2n) is 23.5. The Hall–Kier alpha value is -7.07. The Morgan fingerprint density at radius 2 is 1.28 bits per heavy atom. The van der Waals surface area contributed by atoms with Crippen molar-refractivity contribution in [3.63, 3.8) is 0 Å². The third-order valence-corrected chi connectivity index (χ3v) is 21.4. The van der Waals surface area contributed by atoms with E-state index in [1.54, 1.807) is 45.9 Å². The molecule has 4 aliphatic rings. The van der Waals surface area contributed by atoms with Crippen LogP contribution in [0, 0.1) is 12.8 Å². The fourth-order valence-corrected chi connectivity index (χ4v) is 15.5. The number of fused-ring (bicyclic) bond motifs is 8. The monoisotopic (exact) mass is 1220 g/mol. The second kappa shape index (κ2) is 25.9. The zero-order chi connectivity index (χ0) is 61.2. The predicted octanol–water partition coefficient (Wildman–Crippen LogP) is 10.2. The Morgan fingerprint density at radius 1 is 0.741 bits per heavy atom. The lowest BCUT2D eigenvalue weighted by molar-refractivity contribution is -0.129. The lowest BCUT2D eigenvalue weighted by atomic mass is 9.99. The molecule has 5 aromatic carbocycles. The predicted molar refractivity (Wildman–Crippen MR) is 336 cm³/mol. The van der Waals surface area contributed by atoms with Crippen molar-refractivity contribution in [2.75, 3.05) is 59.2 Å². The van der Waals surface area contributed by atoms with Gasteiger partial charge in [0.15, 0.2) is 23.1 Å². The third-order valence-electron chi connectivity index (χ3n) is 16.3. The summed E-state index contributed by atoms with van der Waals surface area (Å²) in [5.41, 5.74) is 9.23. The molecule has 4 amide bonds. The minimum absolute atomic E-state index is 0.0130. The summed E-state index contributed by atoms with van der Waals surface area (Å²) < 4.78 is 52.0. The van der Waals surface area contributed by atoms with Gasteiger partial charge in [0.25, 0.3) is 21.9 Å². The number of Topliss-reactive ketones (excluding diaryl/α,β-unsaturated/α-hetero) is 2. The van der Waals surface area contributed by atoms with Crippen LogP contribution in [-0.2, 0) is 55.4 Å². The number of ether oxygens (including phenoxy) is 3. The average Bonchev–Trinajstić information content (AvgIpc) is 1.92. The van der Waals surface area contributed by atoms with Gasteiger partial charge < -0.3 is 44.4 Å². The van der Waals surface area contributed by atoms with Crippen LogP contribution in [0.1, 0.15) is 122 Å². The molecule has 0 fully saturated rings. The van der Waals surface area contributed by atoms with Crippen LogP contribution >= 0.6 is 21.6 Å². The van der Waals surface area contributed by atoms with Crippen LogP contribution in [0.15, 0.2) is 91.0 Å². The number of methoxy groups -OCH3 is 1. The topological polar surface area (TPSA) is 221 Å². The summed E-state index contributed by atoms with van der Waals surface area (Å²) in [5, 5.41) is 4.01. The molecule has 0 spiro atoms. The van der Waals surface area contributed by atoms with Gasteiger partial charge in [-0.1, -0.05) is 78.8 Å². The van der Waals surface area contributed by atoms with Gasteiger partial charge in [-0.2, -0.15) is 8.42 Å². The number of nitrogens with zero attached hydrogens (tertiary/aromatic N) is 4. The quantitative estimate of drug-likeness (QED) is 0.0386. The van der Waals surface area contributed by atoms with Crippen LogP contribution in [0.5, 0.6) is 17.2 Å². The number of likely N-dealkylation sites (N-methyl/N-ethyl adjacent to an activating group) is 2. The molecule has 0 saturated heterocycles. The Balaban J connectivity index is 0.883. The smallest absolute Gasteiger partial charge is 0.275 e. The van der Waals surface area contributed by atoms with Crippen molar-refractivity contribution >= 4 is 95.3 Å². The minimum atomic E-state index is -4.55. The summed E-state index contributed by atoms with van der Waals surface area (Å²) in [5.74, 6) is -1.26. The summed E-state index contributed by atoms with van der Waals surface area (Å²) in [7, 11) is 3.76. The summed E-state index contributed by atoms with van der Waals surface area (Å²) >= 11 is 0. The van der Waals surface area contributed by atoms with Crippen LogP contribution < -0.4 is 44.4 Å². The number of para-hydroxylation sites is 2. The summed E-state index contributed by atoms with van der Waals surface area (Å²) in [6.45, 7) is 13.7. The van der Waals surface area contributed by atoms with Gasteiger partial charge in [0.05, 0.1) is 47.7 Å². The van der Waals surface area contributed by atoms with Gasteiger partial charge >= 0.3 is 0 Å². The van der Waals surface area contributed by atoms with Crippen molar-refractivity contribution in [2.24, 2.45) is 5.92 Å². The van der Waals surface area contributed by atoms with Crippen molar-refractivity contribution in [1.82, 2.24) is 5.32 Å². The molecular formula is C64H76N6O12S3. The van der Waals surface area contributed by atoms with Crippen LogP contribution in [0.4, 0.5) is 28.4 Å². The lowest BCUT2D eigenvalue weighted by Gasteiger charge is -2.26. The van der Waals surface area contributed by atoms with E-state index in [-0.39, 0.29) is 79.7 Å². The standard InChI is InChI=1S/C64H76N6O12S3/c1-11-54(71)59(85(77,78)79)24-39(4)83-84-64(6,7)21-20-60(73)65-40(5)55(72)23-38(3)61(74)66-45-26-41(35-81-56-31-52-48(22-37(56)2)62(75)69-46(33-67(52)8)28-43-16-12-14-18-50(43)69)25-42(27-45)36-82-58-32-53-49(30-57(58)80-10)63(76)70-47(34-68(53)9)29-44-17-13-15-19-51(44)70/h12-19,22,25-27,30-32,38-40,46-47,59H,11,20-21,23-24,28-29,33-36H2,1-10H3,(H,65,73)(H,66,74)(H,77,78,79)/t38-,39?,40-,46-,47-,59?/m0/s1. The maximum Gasteiger partial charge on any atom is 0.275 e. The van der Waals surface area contributed by atoms with Crippen LogP contribution in [0.2, 0.25) is 0 Å². The Kier molecular flexibility index (Phi) is 19.0. The summed E-state index contributed by atoms with van der Waals surface area (Å²) in [6, 6.07) is 27.9. The molecule has 0 radical (unpaired) electrons. The molecule has 0 aliphatic carbocycles. The van der Waals surface area contributed by atoms with Gasteiger partial charge in [0, 0.05) is 91.6 Å². The van der Waals surface area contributed by atoms with E-state index in [0.29, 0.717) is 70.4 Å². The van der Waals surface area contributed by atoms with Crippen molar-refractivity contribution in [3.8, 4) is 17.2 Å². The average molecular weight is 1220 g/mol. The van der Waals surface area contributed by atoms with Gasteiger partial charge in [0.2, 0.25) is 11.8 Å². The van der Waals surface area contributed by atoms with E-state index in [0.717, 1.165) is 46.6 Å². The molecule has 4 heterocycles. The highest BCUT2D eigenvalue weighted by atomic mass is 33.1. The summed E-state index contributed by atoms with van der Waals surface area (Å²) in [4.78, 5) is 89.7. The maximum absolute atomic E-state index is 14.3. The first-order chi connectivity index (χ1) is 40.3. The lowest BCUT2D eigenvalue weighted by Crippen LogP contribution is -2.41. The molecule has 3 N–H and O–H groups in total. The van der Waals surface area contributed by atoms with E-state index in [2.05, 4.69) is 32.6 Å². The number of ketones is 2. The molecule has 0 aromatic heterocycles. The van der Waals surface area contributed by atoms with Crippen molar-refractivity contribution in [3.05, 3.63) is 130 Å². The molecule has 0 saturated carbocycles. The normalized spacial score (nSPS) is 17.6. The minimum Gasteiger partial charge on any atom is -0.493 e. The van der Waals surface area contributed by atoms with Gasteiger partial charge in [-0.3, -0.25) is 33.3 Å². The highest BCUT2D eigenvalue weighted by Gasteiger charge is 2.41. The second-order valence-corrected chi connectivity index (χ2v) is 28.5. The van der Waals surface area contributed by atoms with Crippen molar-refractivity contribution in [2.45, 2.75) is 140 Å². The van der Waals surface area contributed by atoms with Gasteiger partial charge in [-0.05, 0) is 124 Å². The molecular weight excluding hydrogens is 1140 g/mol. The Morgan fingerprint density at radius 3 is 1.84 bits per heavy atom. The Labute approximate surface area is 506 Å². The Bertz CT molecular complexity index is 3540. The van der Waals surface area contributed by atoms with E-state index in [4.69, 9.17) is 14.2 Å². The first-order valence-electron chi connectivity index (χ1n) is 28.8. The number of carbonyl (C=O) groups is 6. The van der Waals surface area contributed by atoms with Crippen molar-refractivity contribution < 1.29 is 55.9 Å². The van der Waals surface area contributed by atoms with E-state index in [1.165, 1.54) is 28.7 Å². The van der Waals surface area contributed by atoms with Crippen LogP contribution in [0.25, 0.3) is 0 Å². The SMILES string of the molecule is CCC(=O)C(CC(C)SSC(C)(C)CCC(=O)N[C@@H](C)C(=O)C[C@H](C)C(=O)Nc1cc(COc2cc3c(cc2C)C(=O)N2c4ccccc4C[C@H]2CN3C)cc(COc2cc3c(cc2OC)C(=O)N2c4ccccc4C[C@H]2CN3C)c1)S(=O)(=O)O. The molecule has 0 bridgehead atoms. The molecule has 18 nitrogen and oxygen atoms in total. The zero-order valence-electron chi connectivity index (χ0n) is 49.9. The molecule has 4 aliphatic heterocycles. The third kappa shape index (κ3) is 14.1. The first kappa shape index (κ1) is 62.5. The van der Waals surface area contributed by atoms with Gasteiger partial charge in [-0.15, -0.1) is 0 Å². The van der Waals surface area contributed by atoms with E-state index in [9.17, 15) is 41.7 Å². The number of carbonyl (C=O) groups excluding carboxylic acids is 6. The molecule has 2 unspecified atom stereocenters. The number of hydrogen-bond acceptors (Lipinski definition) is 15. The molecule has 9 rings (SSSR count). The van der Waals surface area contributed by atoms with E-state index >= 15 is 0 Å². The number of hydrogen-bond donors (Lipinski definition) is 3. The fraction of sp³-hybridized carbons (Fsp3) is 0.438. The molecule has 452 valence electrons. The number of rotatable bonds is 24. The zero-order valence-corrected chi connectivity index (χ0v) is 52.3. The summed E-state index contributed by atoms with van der Waals surface area (Å²) in [6.07, 6.45) is 1.80. The van der Waals surface area contributed by atoms with Crippen molar-refractivity contribution in [1.29, 1.82) is 0 Å². The molecule has 5 aromatic rings. The maximum atomic E-state index is 14.3. The molecule has 85 heavy (non-hydrogen) atoms. The fourth-order valence-electron chi connectivity index (χ4n) is 11.7. The largest absolute Gasteiger partial charge is 0.493 e. The van der Waals surface area contributed by atoms with Gasteiger partial charge in [-0.25, -0.2) is 0 Å². The number of amides is 4. The van der Waals surface area contributed by atoms with Crippen LogP contribution in [-0.4, -0.2) is 116 Å². The first-order valence-corrected chi connectivity index (χ1v) is 32.5. The highest BCUT2D eigenvalue weighted by molar-refractivity contribution is 8.77. The van der Waals surface area contributed by atoms with E-state index < -0.39 is 43.8 Å². The van der Waals surface area contributed by atoms with Gasteiger partial charge in [0.1, 0.15) is 24.2 Å².